The van der Waals surface area contributed by atoms with Crippen LogP contribution in [0.15, 0.2) is 16.5 Å². The molecule has 3 nitrogen and oxygen atoms in total. The van der Waals surface area contributed by atoms with Crippen LogP contribution in [0.25, 0.3) is 0 Å². The highest BCUT2D eigenvalue weighted by molar-refractivity contribution is 5.86. The Morgan fingerprint density at radius 3 is 2.67 bits per heavy atom. The topological polar surface area (TPSA) is 39.4 Å². The van der Waals surface area contributed by atoms with E-state index in [1.807, 2.05) is 6.07 Å². The van der Waals surface area contributed by atoms with Gasteiger partial charge in [-0.15, -0.1) is 0 Å². The van der Waals surface area contributed by atoms with Gasteiger partial charge in [0.05, 0.1) is 7.11 Å². The van der Waals surface area contributed by atoms with Crippen molar-refractivity contribution in [1.82, 2.24) is 0 Å². The standard InChI is InChI=1S/C12H18O3/c1-5-8-12(2,3)10-7-6-9(15-10)11(13)14-4/h6-7H,5,8H2,1-4H3. The van der Waals surface area contributed by atoms with Crippen LogP contribution in [0, 0.1) is 0 Å². The lowest BCUT2D eigenvalue weighted by molar-refractivity contribution is 0.0561. The largest absolute Gasteiger partial charge is 0.463 e. The molecule has 0 radical (unpaired) electrons. The number of methoxy groups -OCH3 is 1. The molecule has 0 aliphatic carbocycles. The molecule has 0 amide bonds. The van der Waals surface area contributed by atoms with Gasteiger partial charge in [0.25, 0.3) is 0 Å². The fourth-order valence-electron chi connectivity index (χ4n) is 1.66. The van der Waals surface area contributed by atoms with Crippen molar-refractivity contribution < 1.29 is 13.9 Å². The van der Waals surface area contributed by atoms with Crippen molar-refractivity contribution in [3.63, 3.8) is 0 Å². The third-order valence-corrected chi connectivity index (χ3v) is 2.53. The zero-order chi connectivity index (χ0) is 11.5. The molecular weight excluding hydrogens is 192 g/mol. The highest BCUT2D eigenvalue weighted by Crippen LogP contribution is 2.29. The van der Waals surface area contributed by atoms with Gasteiger partial charge in [-0.05, 0) is 18.6 Å². The van der Waals surface area contributed by atoms with Gasteiger partial charge in [-0.1, -0.05) is 27.2 Å². The first-order valence-corrected chi connectivity index (χ1v) is 5.20. The van der Waals surface area contributed by atoms with Crippen molar-refractivity contribution in [2.45, 2.75) is 39.0 Å². The molecule has 0 spiro atoms. The minimum absolute atomic E-state index is 0.0268. The van der Waals surface area contributed by atoms with E-state index in [0.29, 0.717) is 0 Å². The fourth-order valence-corrected chi connectivity index (χ4v) is 1.66. The van der Waals surface area contributed by atoms with E-state index in [1.165, 1.54) is 7.11 Å². The van der Waals surface area contributed by atoms with Gasteiger partial charge in [0.2, 0.25) is 5.76 Å². The minimum Gasteiger partial charge on any atom is -0.463 e. The molecule has 15 heavy (non-hydrogen) atoms. The smallest absolute Gasteiger partial charge is 0.373 e. The maximum atomic E-state index is 11.2. The van der Waals surface area contributed by atoms with E-state index in [9.17, 15) is 4.79 Å². The first-order valence-electron chi connectivity index (χ1n) is 5.20. The van der Waals surface area contributed by atoms with Gasteiger partial charge in [0.15, 0.2) is 0 Å². The molecular formula is C12H18O3. The lowest BCUT2D eigenvalue weighted by atomic mass is 9.85. The maximum Gasteiger partial charge on any atom is 0.373 e. The molecule has 1 aromatic rings. The van der Waals surface area contributed by atoms with E-state index in [4.69, 9.17) is 4.42 Å². The second kappa shape index (κ2) is 4.51. The van der Waals surface area contributed by atoms with Gasteiger partial charge >= 0.3 is 5.97 Å². The molecule has 1 aromatic heterocycles. The van der Waals surface area contributed by atoms with E-state index in [-0.39, 0.29) is 11.2 Å². The number of hydrogen-bond acceptors (Lipinski definition) is 3. The number of carbonyl (C=O) groups excluding carboxylic acids is 1. The summed E-state index contributed by atoms with van der Waals surface area (Å²) in [4.78, 5) is 11.2. The quantitative estimate of drug-likeness (QED) is 0.717. The molecule has 0 saturated carbocycles. The van der Waals surface area contributed by atoms with E-state index in [2.05, 4.69) is 25.5 Å². The third-order valence-electron chi connectivity index (χ3n) is 2.53. The Kier molecular flexibility index (Phi) is 3.56. The third kappa shape index (κ3) is 2.61. The molecule has 0 bridgehead atoms. The Morgan fingerprint density at radius 1 is 1.47 bits per heavy atom. The Hall–Kier alpha value is -1.25. The summed E-state index contributed by atoms with van der Waals surface area (Å²) < 4.78 is 10.1. The summed E-state index contributed by atoms with van der Waals surface area (Å²) in [5, 5.41) is 0. The monoisotopic (exact) mass is 210 g/mol. The number of esters is 1. The van der Waals surface area contributed by atoms with Crippen molar-refractivity contribution in [2.75, 3.05) is 7.11 Å². The summed E-state index contributed by atoms with van der Waals surface area (Å²) in [6.45, 7) is 6.35. The SMILES string of the molecule is CCCC(C)(C)c1ccc(C(=O)OC)o1. The first kappa shape index (κ1) is 11.8. The molecule has 0 aliphatic rings. The van der Waals surface area contributed by atoms with E-state index in [1.54, 1.807) is 6.07 Å². The highest BCUT2D eigenvalue weighted by Gasteiger charge is 2.24. The average Bonchev–Trinajstić information content (AvgIpc) is 2.66. The van der Waals surface area contributed by atoms with E-state index >= 15 is 0 Å². The predicted octanol–water partition coefficient (Wildman–Crippen LogP) is 3.14. The van der Waals surface area contributed by atoms with Crippen molar-refractivity contribution >= 4 is 5.97 Å². The van der Waals surface area contributed by atoms with Gasteiger partial charge < -0.3 is 9.15 Å². The number of ether oxygens (including phenoxy) is 1. The Morgan fingerprint density at radius 2 is 2.13 bits per heavy atom. The number of hydrogen-bond donors (Lipinski definition) is 0. The maximum absolute atomic E-state index is 11.2. The molecule has 1 rings (SSSR count). The van der Waals surface area contributed by atoms with Gasteiger partial charge in [0.1, 0.15) is 5.76 Å². The second-order valence-corrected chi connectivity index (χ2v) is 4.29. The zero-order valence-electron chi connectivity index (χ0n) is 9.79. The normalized spacial score (nSPS) is 11.5. The summed E-state index contributed by atoms with van der Waals surface area (Å²) in [5.41, 5.74) is -0.0268. The van der Waals surface area contributed by atoms with Crippen molar-refractivity contribution in [2.24, 2.45) is 0 Å². The summed E-state index contributed by atoms with van der Waals surface area (Å²) in [7, 11) is 1.35. The van der Waals surface area contributed by atoms with Gasteiger partial charge in [-0.25, -0.2) is 4.79 Å². The average molecular weight is 210 g/mol. The molecule has 1 heterocycles. The molecule has 0 fully saturated rings. The molecule has 0 saturated heterocycles. The van der Waals surface area contributed by atoms with Crippen LogP contribution in [0.2, 0.25) is 0 Å². The lowest BCUT2D eigenvalue weighted by Gasteiger charge is -2.20. The minimum atomic E-state index is -0.423. The van der Waals surface area contributed by atoms with Crippen LogP contribution in [0.5, 0.6) is 0 Å². The predicted molar refractivity (Wildman–Crippen MR) is 58.0 cm³/mol. The number of rotatable bonds is 4. The fraction of sp³-hybridized carbons (Fsp3) is 0.583. The van der Waals surface area contributed by atoms with Crippen molar-refractivity contribution in [3.05, 3.63) is 23.7 Å². The molecule has 0 N–H and O–H groups in total. The first-order chi connectivity index (χ1) is 7.01. The number of carbonyl (C=O) groups is 1. The Labute approximate surface area is 90.4 Å². The molecule has 0 unspecified atom stereocenters. The van der Waals surface area contributed by atoms with E-state index < -0.39 is 5.97 Å². The summed E-state index contributed by atoms with van der Waals surface area (Å²) >= 11 is 0. The number of furan rings is 1. The van der Waals surface area contributed by atoms with Crippen LogP contribution in [-0.2, 0) is 10.2 Å². The summed E-state index contributed by atoms with van der Waals surface area (Å²) in [6, 6.07) is 3.51. The van der Waals surface area contributed by atoms with Crippen LogP contribution in [0.1, 0.15) is 49.9 Å². The van der Waals surface area contributed by atoms with Gasteiger partial charge in [-0.2, -0.15) is 0 Å². The van der Waals surface area contributed by atoms with E-state index in [0.717, 1.165) is 18.6 Å². The summed E-state index contributed by atoms with van der Waals surface area (Å²) in [5.74, 6) is 0.690. The van der Waals surface area contributed by atoms with Crippen LogP contribution < -0.4 is 0 Å². The Balaban J connectivity index is 2.88. The van der Waals surface area contributed by atoms with Crippen LogP contribution in [0.3, 0.4) is 0 Å². The molecule has 0 aliphatic heterocycles. The van der Waals surface area contributed by atoms with Crippen LogP contribution in [0.4, 0.5) is 0 Å². The van der Waals surface area contributed by atoms with Gasteiger partial charge in [0, 0.05) is 5.41 Å². The van der Waals surface area contributed by atoms with Crippen LogP contribution >= 0.6 is 0 Å². The summed E-state index contributed by atoms with van der Waals surface area (Å²) in [6.07, 6.45) is 2.11. The molecule has 0 aromatic carbocycles. The van der Waals surface area contributed by atoms with Crippen LogP contribution in [-0.4, -0.2) is 13.1 Å². The second-order valence-electron chi connectivity index (χ2n) is 4.29. The molecule has 0 atom stereocenters. The van der Waals surface area contributed by atoms with Gasteiger partial charge in [-0.3, -0.25) is 0 Å². The zero-order valence-corrected chi connectivity index (χ0v) is 9.79. The highest BCUT2D eigenvalue weighted by atomic mass is 16.5. The molecule has 84 valence electrons. The Bertz CT molecular complexity index is 336. The van der Waals surface area contributed by atoms with Crippen molar-refractivity contribution in [3.8, 4) is 0 Å². The lowest BCUT2D eigenvalue weighted by Crippen LogP contribution is -2.15. The molecule has 3 heteroatoms. The van der Waals surface area contributed by atoms with Crippen molar-refractivity contribution in [1.29, 1.82) is 0 Å².